The van der Waals surface area contributed by atoms with E-state index in [-0.39, 0.29) is 28.4 Å². The number of aromatic nitrogens is 1. The van der Waals surface area contributed by atoms with E-state index in [1.54, 1.807) is 54.6 Å². The molecule has 0 saturated heterocycles. The van der Waals surface area contributed by atoms with Crippen LogP contribution in [0.1, 0.15) is 42.2 Å². The predicted molar refractivity (Wildman–Crippen MR) is 140 cm³/mol. The Balaban J connectivity index is 1.46. The second-order valence-electron chi connectivity index (χ2n) is 8.44. The van der Waals surface area contributed by atoms with Crippen LogP contribution in [0.5, 0.6) is 0 Å². The average molecular weight is 489 g/mol. The Kier molecular flexibility index (Phi) is 5.20. The Bertz CT molecular complexity index is 1740. The first-order valence-electron chi connectivity index (χ1n) is 11.3. The summed E-state index contributed by atoms with van der Waals surface area (Å²) in [7, 11) is 0. The molecule has 5 aromatic rings. The number of nitrogens with zero attached hydrogens (tertiary/aromatic N) is 1. The van der Waals surface area contributed by atoms with Gasteiger partial charge in [0.2, 0.25) is 0 Å². The maximum absolute atomic E-state index is 13.6. The van der Waals surface area contributed by atoms with Crippen LogP contribution >= 0.6 is 11.6 Å². The number of rotatable bonds is 3. The lowest BCUT2D eigenvalue weighted by Gasteiger charge is -2.20. The van der Waals surface area contributed by atoms with E-state index in [1.165, 1.54) is 0 Å². The van der Waals surface area contributed by atoms with Crippen molar-refractivity contribution in [1.29, 1.82) is 0 Å². The van der Waals surface area contributed by atoms with Gasteiger partial charge in [-0.2, -0.15) is 0 Å². The number of nitrogens with one attached hydrogen (secondary N) is 1. The van der Waals surface area contributed by atoms with Crippen LogP contribution in [0.4, 0.5) is 5.69 Å². The van der Waals surface area contributed by atoms with E-state index in [2.05, 4.69) is 5.32 Å². The van der Waals surface area contributed by atoms with E-state index in [0.29, 0.717) is 43.9 Å². The van der Waals surface area contributed by atoms with Gasteiger partial charge in [0, 0.05) is 32.7 Å². The van der Waals surface area contributed by atoms with Gasteiger partial charge in [-0.1, -0.05) is 84.4 Å². The summed E-state index contributed by atoms with van der Waals surface area (Å²) in [5, 5.41) is 4.06. The molecule has 172 valence electrons. The molecule has 1 aromatic heterocycles. The molecule has 0 fully saturated rings. The second-order valence-corrected chi connectivity index (χ2v) is 8.85. The summed E-state index contributed by atoms with van der Waals surface area (Å²) < 4.78 is 0. The van der Waals surface area contributed by atoms with Gasteiger partial charge in [0.25, 0.3) is 5.91 Å². The summed E-state index contributed by atoms with van der Waals surface area (Å²) >= 11 is 6.41. The minimum absolute atomic E-state index is 0.194. The molecule has 0 unspecified atom stereocenters. The monoisotopic (exact) mass is 488 g/mol. The Morgan fingerprint density at radius 2 is 1.33 bits per heavy atom. The second kappa shape index (κ2) is 8.56. The van der Waals surface area contributed by atoms with Crippen molar-refractivity contribution in [3.63, 3.8) is 0 Å². The van der Waals surface area contributed by atoms with Crippen molar-refractivity contribution in [1.82, 2.24) is 4.98 Å². The normalized spacial score (nSPS) is 12.2. The molecular formula is C30H17ClN2O3. The summed E-state index contributed by atoms with van der Waals surface area (Å²) in [5.41, 5.74) is 3.71. The molecule has 0 bridgehead atoms. The van der Waals surface area contributed by atoms with E-state index in [4.69, 9.17) is 16.6 Å². The smallest absolute Gasteiger partial charge is 0.256 e. The van der Waals surface area contributed by atoms with Gasteiger partial charge in [-0.15, -0.1) is 0 Å². The summed E-state index contributed by atoms with van der Waals surface area (Å²) in [4.78, 5) is 44.8. The zero-order valence-corrected chi connectivity index (χ0v) is 19.5. The highest BCUT2D eigenvalue weighted by molar-refractivity contribution is 6.33. The lowest BCUT2D eigenvalue weighted by molar-refractivity contribution is 0.0978. The Labute approximate surface area is 211 Å². The van der Waals surface area contributed by atoms with Crippen molar-refractivity contribution < 1.29 is 14.4 Å². The molecule has 0 spiro atoms. The number of pyridine rings is 1. The van der Waals surface area contributed by atoms with Gasteiger partial charge in [0.1, 0.15) is 0 Å². The number of carbonyl (C=O) groups is 3. The fourth-order valence-electron chi connectivity index (χ4n) is 4.61. The zero-order valence-electron chi connectivity index (χ0n) is 18.8. The largest absolute Gasteiger partial charge is 0.321 e. The summed E-state index contributed by atoms with van der Waals surface area (Å²) in [6.45, 7) is 0. The number of benzene rings is 4. The number of hydrogen-bond donors (Lipinski definition) is 1. The van der Waals surface area contributed by atoms with Crippen molar-refractivity contribution in [2.45, 2.75) is 0 Å². The van der Waals surface area contributed by atoms with Crippen LogP contribution in [0.15, 0.2) is 97.1 Å². The Morgan fingerprint density at radius 3 is 2.11 bits per heavy atom. The molecule has 6 rings (SSSR count). The van der Waals surface area contributed by atoms with Crippen molar-refractivity contribution in [3.05, 3.63) is 130 Å². The average Bonchev–Trinajstić information content (AvgIpc) is 2.91. The van der Waals surface area contributed by atoms with Crippen LogP contribution in [-0.2, 0) is 0 Å². The number of ketones is 2. The van der Waals surface area contributed by atoms with Crippen LogP contribution in [-0.4, -0.2) is 22.5 Å². The van der Waals surface area contributed by atoms with E-state index in [0.717, 1.165) is 0 Å². The zero-order chi connectivity index (χ0) is 24.8. The molecule has 0 saturated carbocycles. The van der Waals surface area contributed by atoms with Gasteiger partial charge >= 0.3 is 0 Å². The van der Waals surface area contributed by atoms with Crippen LogP contribution < -0.4 is 5.32 Å². The van der Waals surface area contributed by atoms with Gasteiger partial charge < -0.3 is 5.32 Å². The molecule has 1 heterocycles. The summed E-state index contributed by atoms with van der Waals surface area (Å²) in [6.07, 6.45) is 0. The van der Waals surface area contributed by atoms with Crippen LogP contribution in [0.25, 0.3) is 22.2 Å². The van der Waals surface area contributed by atoms with E-state index in [1.807, 2.05) is 42.5 Å². The van der Waals surface area contributed by atoms with Crippen molar-refractivity contribution in [2.24, 2.45) is 0 Å². The number of amides is 1. The Morgan fingerprint density at radius 1 is 0.694 bits per heavy atom. The molecule has 1 N–H and O–H groups in total. The van der Waals surface area contributed by atoms with E-state index in [9.17, 15) is 14.4 Å². The number of anilines is 1. The first kappa shape index (κ1) is 21.9. The fraction of sp³-hybridized carbons (Fsp3) is 0. The summed E-state index contributed by atoms with van der Waals surface area (Å²) in [6, 6.07) is 27.9. The van der Waals surface area contributed by atoms with Crippen LogP contribution in [0.3, 0.4) is 0 Å². The highest BCUT2D eigenvalue weighted by atomic mass is 35.5. The maximum Gasteiger partial charge on any atom is 0.256 e. The number of fused-ring (bicyclic) bond motifs is 3. The molecular weight excluding hydrogens is 472 g/mol. The molecule has 1 aliphatic carbocycles. The molecule has 0 radical (unpaired) electrons. The number of para-hydroxylation sites is 1. The van der Waals surface area contributed by atoms with Gasteiger partial charge in [-0.05, 0) is 24.3 Å². The maximum atomic E-state index is 13.6. The fourth-order valence-corrected chi connectivity index (χ4v) is 4.84. The molecule has 4 aromatic carbocycles. The molecule has 0 atom stereocenters. The lowest BCUT2D eigenvalue weighted by atomic mass is 9.83. The number of carbonyl (C=O) groups excluding carboxylic acids is 3. The third-order valence-corrected chi connectivity index (χ3v) is 6.64. The van der Waals surface area contributed by atoms with E-state index < -0.39 is 5.91 Å². The molecule has 0 aliphatic heterocycles. The molecule has 1 amide bonds. The highest BCUT2D eigenvalue weighted by Crippen LogP contribution is 2.33. The Hall–Kier alpha value is -4.61. The lowest BCUT2D eigenvalue weighted by Crippen LogP contribution is -2.24. The summed E-state index contributed by atoms with van der Waals surface area (Å²) in [5.74, 6) is -0.964. The van der Waals surface area contributed by atoms with Gasteiger partial charge in [-0.3, -0.25) is 14.4 Å². The van der Waals surface area contributed by atoms with Gasteiger partial charge in [-0.25, -0.2) is 4.98 Å². The van der Waals surface area contributed by atoms with Crippen LogP contribution in [0.2, 0.25) is 5.02 Å². The quantitative estimate of drug-likeness (QED) is 0.305. The van der Waals surface area contributed by atoms with Crippen molar-refractivity contribution in [3.8, 4) is 11.3 Å². The minimum Gasteiger partial charge on any atom is -0.321 e. The SMILES string of the molecule is O=C1c2ccccc2C(=O)c2c(NC(=O)c3cc(-c4ccccc4Cl)nc4ccccc34)cccc21. The van der Waals surface area contributed by atoms with Crippen molar-refractivity contribution in [2.75, 3.05) is 5.32 Å². The molecule has 6 heteroatoms. The standard InChI is InChI=1S/C30H17ClN2O3/c31-23-13-5-3-11-20(23)26-16-22(17-8-4-6-14-24(17)32-26)30(36)33-25-15-7-12-21-27(25)29(35)19-10-2-1-9-18(19)28(21)34/h1-16H,(H,33,36). The first-order valence-corrected chi connectivity index (χ1v) is 11.7. The number of halogens is 1. The van der Waals surface area contributed by atoms with Crippen molar-refractivity contribution >= 4 is 45.7 Å². The van der Waals surface area contributed by atoms with Gasteiger partial charge in [0.05, 0.1) is 28.0 Å². The third kappa shape index (κ3) is 3.49. The molecule has 1 aliphatic rings. The predicted octanol–water partition coefficient (Wildman–Crippen LogP) is 6.58. The van der Waals surface area contributed by atoms with Crippen LogP contribution in [0, 0.1) is 0 Å². The topological polar surface area (TPSA) is 76.1 Å². The number of hydrogen-bond acceptors (Lipinski definition) is 4. The molecule has 36 heavy (non-hydrogen) atoms. The minimum atomic E-state index is -0.422. The molecule has 5 nitrogen and oxygen atoms in total. The highest BCUT2D eigenvalue weighted by Gasteiger charge is 2.32. The first-order chi connectivity index (χ1) is 17.5. The van der Waals surface area contributed by atoms with Gasteiger partial charge in [0.15, 0.2) is 11.6 Å². The van der Waals surface area contributed by atoms with E-state index >= 15 is 0 Å². The third-order valence-electron chi connectivity index (χ3n) is 6.31.